The van der Waals surface area contributed by atoms with Gasteiger partial charge in [-0.15, -0.1) is 11.6 Å². The molecule has 2 atom stereocenters. The van der Waals surface area contributed by atoms with Gasteiger partial charge in [-0.25, -0.2) is 4.79 Å². The summed E-state index contributed by atoms with van der Waals surface area (Å²) in [5, 5.41) is 8.81. The van der Waals surface area contributed by atoms with Crippen molar-refractivity contribution in [2.45, 2.75) is 17.9 Å². The summed E-state index contributed by atoms with van der Waals surface area (Å²) in [6.07, 6.45) is 2.50. The van der Waals surface area contributed by atoms with Crippen LogP contribution in [-0.4, -0.2) is 34.9 Å². The van der Waals surface area contributed by atoms with E-state index in [1.165, 1.54) is 6.08 Å². The van der Waals surface area contributed by atoms with Crippen LogP contribution >= 0.6 is 23.2 Å². The number of aliphatic hydroxyl groups is 1. The summed E-state index contributed by atoms with van der Waals surface area (Å²) in [4.78, 5) is 22.9. The minimum atomic E-state index is -2.21. The molecule has 0 spiro atoms. The largest absolute Gasteiger partial charge is 0.467 e. The van der Waals surface area contributed by atoms with E-state index in [1.54, 1.807) is 6.92 Å². The molecule has 0 aromatic heterocycles. The first-order valence-corrected chi connectivity index (χ1v) is 5.24. The van der Waals surface area contributed by atoms with Crippen LogP contribution in [0.2, 0.25) is 0 Å². The number of rotatable bonds is 2. The number of allylic oxidation sites excluding steroid dienone is 2. The summed E-state index contributed by atoms with van der Waals surface area (Å²) in [6, 6.07) is 0. The number of hydrogen-bond acceptors (Lipinski definition) is 4. The Hall–Kier alpha value is -0.840. The van der Waals surface area contributed by atoms with Crippen molar-refractivity contribution in [2.24, 2.45) is 0 Å². The smallest absolute Gasteiger partial charge is 0.344 e. The third-order valence-electron chi connectivity index (χ3n) is 2.32. The molecule has 0 aromatic carbocycles. The zero-order valence-electron chi connectivity index (χ0n) is 8.66. The highest BCUT2D eigenvalue weighted by Crippen LogP contribution is 2.39. The molecule has 1 rings (SSSR count). The Morgan fingerprint density at radius 3 is 2.69 bits per heavy atom. The number of halogens is 2. The molecule has 16 heavy (non-hydrogen) atoms. The highest BCUT2D eigenvalue weighted by atomic mass is 35.5. The Labute approximate surface area is 102 Å². The lowest BCUT2D eigenvalue weighted by Crippen LogP contribution is -2.48. The lowest BCUT2D eigenvalue weighted by molar-refractivity contribution is -0.158. The molecule has 0 fully saturated rings. The van der Waals surface area contributed by atoms with Crippen LogP contribution in [0.25, 0.3) is 0 Å². The van der Waals surface area contributed by atoms with Gasteiger partial charge in [0.15, 0.2) is 5.78 Å². The molecule has 2 unspecified atom stereocenters. The van der Waals surface area contributed by atoms with Crippen molar-refractivity contribution in [3.05, 3.63) is 22.8 Å². The number of carbonyl (C=O) groups excluding carboxylic acids is 2. The van der Waals surface area contributed by atoms with Gasteiger partial charge >= 0.3 is 5.97 Å². The number of carbonyl (C=O) groups is 2. The maximum Gasteiger partial charge on any atom is 0.344 e. The van der Waals surface area contributed by atoms with Gasteiger partial charge in [-0.05, 0) is 13.0 Å². The molecule has 88 valence electrons. The molecule has 1 aliphatic carbocycles. The third kappa shape index (κ3) is 1.77. The maximum atomic E-state index is 11.5. The van der Waals surface area contributed by atoms with Crippen LogP contribution < -0.4 is 0 Å². The van der Waals surface area contributed by atoms with Crippen molar-refractivity contribution in [1.82, 2.24) is 0 Å². The first-order chi connectivity index (χ1) is 7.39. The van der Waals surface area contributed by atoms with Gasteiger partial charge in [-0.2, -0.15) is 0 Å². The van der Waals surface area contributed by atoms with E-state index in [0.29, 0.717) is 0 Å². The normalized spacial score (nSPS) is 30.3. The lowest BCUT2D eigenvalue weighted by Gasteiger charge is -2.25. The van der Waals surface area contributed by atoms with Gasteiger partial charge in [-0.1, -0.05) is 17.7 Å². The Kier molecular flexibility index (Phi) is 3.78. The molecule has 0 aliphatic heterocycles. The van der Waals surface area contributed by atoms with E-state index in [4.69, 9.17) is 23.2 Å². The van der Waals surface area contributed by atoms with Crippen LogP contribution in [0.5, 0.6) is 0 Å². The fourth-order valence-corrected chi connectivity index (χ4v) is 1.91. The second-order valence-electron chi connectivity index (χ2n) is 3.22. The van der Waals surface area contributed by atoms with E-state index < -0.39 is 22.7 Å². The molecule has 0 saturated carbocycles. The van der Waals surface area contributed by atoms with Gasteiger partial charge in [0.2, 0.25) is 5.60 Å². The van der Waals surface area contributed by atoms with Crippen molar-refractivity contribution in [3.8, 4) is 0 Å². The topological polar surface area (TPSA) is 63.6 Å². The molecule has 0 saturated heterocycles. The number of hydrogen-bond donors (Lipinski definition) is 1. The molecule has 0 radical (unpaired) electrons. The summed E-state index contributed by atoms with van der Waals surface area (Å²) in [6.45, 7) is 1.60. The monoisotopic (exact) mass is 264 g/mol. The molecule has 0 bridgehead atoms. The Morgan fingerprint density at radius 1 is 1.69 bits per heavy atom. The van der Waals surface area contributed by atoms with Crippen LogP contribution in [0.4, 0.5) is 0 Å². The summed E-state index contributed by atoms with van der Waals surface area (Å²) in [5.74, 6) is -1.59. The van der Waals surface area contributed by atoms with E-state index in [9.17, 15) is 14.7 Å². The van der Waals surface area contributed by atoms with E-state index in [2.05, 4.69) is 4.74 Å². The second-order valence-corrected chi connectivity index (χ2v) is 4.06. The predicted molar refractivity (Wildman–Crippen MR) is 59.3 cm³/mol. The zero-order valence-corrected chi connectivity index (χ0v) is 10.2. The summed E-state index contributed by atoms with van der Waals surface area (Å²) < 4.78 is 4.43. The molecule has 0 aromatic rings. The number of esters is 1. The van der Waals surface area contributed by atoms with Crippen molar-refractivity contribution >= 4 is 35.0 Å². The number of methoxy groups -OCH3 is 1. The molecule has 0 amide bonds. The Bertz CT molecular complexity index is 400. The fraction of sp³-hybridized carbons (Fsp3) is 0.400. The highest BCUT2D eigenvalue weighted by Gasteiger charge is 2.55. The molecule has 1 aliphatic rings. The van der Waals surface area contributed by atoms with Crippen LogP contribution in [0.15, 0.2) is 22.8 Å². The van der Waals surface area contributed by atoms with Crippen molar-refractivity contribution in [1.29, 1.82) is 0 Å². The average Bonchev–Trinajstić information content (AvgIpc) is 2.52. The van der Waals surface area contributed by atoms with Gasteiger partial charge in [0.05, 0.1) is 7.11 Å². The molecule has 1 N–H and O–H groups in total. The summed E-state index contributed by atoms with van der Waals surface area (Å²) in [7, 11) is 1.09. The van der Waals surface area contributed by atoms with Gasteiger partial charge in [-0.3, -0.25) is 4.79 Å². The molecule has 4 nitrogen and oxygen atoms in total. The minimum absolute atomic E-state index is 0.0338. The second kappa shape index (κ2) is 4.57. The number of ether oxygens (including phenoxy) is 1. The third-order valence-corrected chi connectivity index (χ3v) is 3.27. The van der Waals surface area contributed by atoms with Crippen molar-refractivity contribution in [2.75, 3.05) is 7.11 Å². The van der Waals surface area contributed by atoms with Crippen LogP contribution in [0.1, 0.15) is 6.92 Å². The van der Waals surface area contributed by atoms with Gasteiger partial charge < -0.3 is 9.84 Å². The van der Waals surface area contributed by atoms with E-state index in [-0.39, 0.29) is 10.6 Å². The standard InChI is InChI=1S/C10H10Cl2O4/c1-3-6(11)5-4-7(13)8(12)10(5,15)9(14)16-2/h3-4,8,15H,1-2H3. The number of alkyl halides is 1. The van der Waals surface area contributed by atoms with Crippen molar-refractivity contribution < 1.29 is 19.4 Å². The highest BCUT2D eigenvalue weighted by molar-refractivity contribution is 6.40. The van der Waals surface area contributed by atoms with E-state index >= 15 is 0 Å². The van der Waals surface area contributed by atoms with E-state index in [1.807, 2.05) is 0 Å². The quantitative estimate of drug-likeness (QED) is 0.601. The van der Waals surface area contributed by atoms with E-state index in [0.717, 1.165) is 13.2 Å². The van der Waals surface area contributed by atoms with Crippen LogP contribution in [-0.2, 0) is 14.3 Å². The SMILES string of the molecule is CC=C(Cl)C1=CC(=O)C(Cl)C1(O)C(=O)OC. The fourth-order valence-electron chi connectivity index (χ4n) is 1.44. The maximum absolute atomic E-state index is 11.5. The predicted octanol–water partition coefficient (Wildman–Crippen LogP) is 1.15. The van der Waals surface area contributed by atoms with Crippen LogP contribution in [0.3, 0.4) is 0 Å². The lowest BCUT2D eigenvalue weighted by atomic mass is 9.94. The minimum Gasteiger partial charge on any atom is -0.467 e. The average molecular weight is 265 g/mol. The van der Waals surface area contributed by atoms with Gasteiger partial charge in [0.25, 0.3) is 0 Å². The van der Waals surface area contributed by atoms with Gasteiger partial charge in [0.1, 0.15) is 5.38 Å². The Morgan fingerprint density at radius 2 is 2.25 bits per heavy atom. The first-order valence-electron chi connectivity index (χ1n) is 4.42. The molecular weight excluding hydrogens is 255 g/mol. The Balaban J connectivity index is 3.30. The molecule has 6 heteroatoms. The molecule has 0 heterocycles. The van der Waals surface area contributed by atoms with Gasteiger partial charge in [0, 0.05) is 10.6 Å². The van der Waals surface area contributed by atoms with Crippen LogP contribution in [0, 0.1) is 0 Å². The first kappa shape index (κ1) is 13.2. The van der Waals surface area contributed by atoms with Crippen molar-refractivity contribution in [3.63, 3.8) is 0 Å². The molecular formula is C10H10Cl2O4. The summed E-state index contributed by atoms with van der Waals surface area (Å²) in [5.41, 5.74) is -2.25. The zero-order chi connectivity index (χ0) is 12.5. The number of ketones is 1. The summed E-state index contributed by atoms with van der Waals surface area (Å²) >= 11 is 11.5.